The van der Waals surface area contributed by atoms with Gasteiger partial charge in [0, 0.05) is 7.05 Å². The monoisotopic (exact) mass is 293 g/mol. The van der Waals surface area contributed by atoms with Crippen molar-refractivity contribution in [3.63, 3.8) is 0 Å². The molecule has 0 fully saturated rings. The molecule has 0 spiro atoms. The van der Waals surface area contributed by atoms with Gasteiger partial charge in [0.05, 0.1) is 0 Å². The second-order valence-corrected chi connectivity index (χ2v) is 4.59. The summed E-state index contributed by atoms with van der Waals surface area (Å²) in [6, 6.07) is 8.41. The molecule has 1 aromatic rings. The first-order valence-electron chi connectivity index (χ1n) is 6.40. The first-order chi connectivity index (χ1) is 9.90. The van der Waals surface area contributed by atoms with Crippen molar-refractivity contribution in [2.45, 2.75) is 19.6 Å². The lowest BCUT2D eigenvalue weighted by Gasteiger charge is -2.18. The smallest absolute Gasteiger partial charge is 0.410 e. The number of amides is 3. The molecule has 3 amide bonds. The van der Waals surface area contributed by atoms with Crippen LogP contribution in [-0.2, 0) is 20.9 Å². The molecule has 0 unspecified atom stereocenters. The standard InChI is InChI=1S/C14H19N3O4/c1-10(13(15)19)16-12(18)8-17(2)14(20)21-9-11-6-4-3-5-7-11/h3-7,10H,8-9H2,1-2H3,(H2,15,19)(H,16,18)/t10-/m0/s1. The highest BCUT2D eigenvalue weighted by molar-refractivity contribution is 5.88. The zero-order chi connectivity index (χ0) is 15.8. The van der Waals surface area contributed by atoms with Gasteiger partial charge in [0.25, 0.3) is 0 Å². The Labute approximate surface area is 123 Å². The van der Waals surface area contributed by atoms with Crippen molar-refractivity contribution in [1.82, 2.24) is 10.2 Å². The second kappa shape index (κ2) is 7.88. The predicted molar refractivity (Wildman–Crippen MR) is 76.1 cm³/mol. The summed E-state index contributed by atoms with van der Waals surface area (Å²) in [4.78, 5) is 35.2. The van der Waals surface area contributed by atoms with Gasteiger partial charge in [-0.05, 0) is 12.5 Å². The summed E-state index contributed by atoms with van der Waals surface area (Å²) in [6.07, 6.45) is -0.624. The number of rotatable bonds is 6. The molecule has 0 aliphatic heterocycles. The zero-order valence-corrected chi connectivity index (χ0v) is 12.0. The number of hydrogen-bond donors (Lipinski definition) is 2. The van der Waals surface area contributed by atoms with Crippen LogP contribution in [0.3, 0.4) is 0 Å². The molecule has 0 aromatic heterocycles. The minimum Gasteiger partial charge on any atom is -0.445 e. The summed E-state index contributed by atoms with van der Waals surface area (Å²) in [6.45, 7) is 1.38. The molecule has 1 rings (SSSR count). The molecule has 0 bridgehead atoms. The molecule has 1 atom stereocenters. The topological polar surface area (TPSA) is 102 Å². The third-order valence-electron chi connectivity index (χ3n) is 2.70. The van der Waals surface area contributed by atoms with Crippen molar-refractivity contribution in [2.24, 2.45) is 5.73 Å². The van der Waals surface area contributed by atoms with E-state index < -0.39 is 23.9 Å². The number of ether oxygens (including phenoxy) is 1. The third kappa shape index (κ3) is 5.94. The molecule has 0 radical (unpaired) electrons. The summed E-state index contributed by atoms with van der Waals surface area (Å²) in [7, 11) is 1.43. The number of nitrogens with two attached hydrogens (primary N) is 1. The minimum atomic E-state index is -0.786. The average molecular weight is 293 g/mol. The van der Waals surface area contributed by atoms with E-state index in [0.717, 1.165) is 10.5 Å². The highest BCUT2D eigenvalue weighted by Crippen LogP contribution is 2.02. The van der Waals surface area contributed by atoms with E-state index >= 15 is 0 Å². The molecule has 3 N–H and O–H groups in total. The third-order valence-corrected chi connectivity index (χ3v) is 2.70. The number of carbonyl (C=O) groups is 3. The Hall–Kier alpha value is -2.57. The van der Waals surface area contributed by atoms with Crippen LogP contribution < -0.4 is 11.1 Å². The Morgan fingerprint density at radius 3 is 2.48 bits per heavy atom. The second-order valence-electron chi connectivity index (χ2n) is 4.59. The summed E-state index contributed by atoms with van der Waals surface area (Å²) in [5.74, 6) is -1.13. The van der Waals surface area contributed by atoms with Crippen LogP contribution in [0, 0.1) is 0 Å². The van der Waals surface area contributed by atoms with Crippen LogP contribution in [0.15, 0.2) is 30.3 Å². The summed E-state index contributed by atoms with van der Waals surface area (Å²) in [5, 5.41) is 2.38. The van der Waals surface area contributed by atoms with Crippen molar-refractivity contribution >= 4 is 17.9 Å². The lowest BCUT2D eigenvalue weighted by atomic mass is 10.2. The summed E-state index contributed by atoms with van der Waals surface area (Å²) >= 11 is 0. The lowest BCUT2D eigenvalue weighted by Crippen LogP contribution is -2.46. The van der Waals surface area contributed by atoms with E-state index in [2.05, 4.69) is 5.32 Å². The highest BCUT2D eigenvalue weighted by Gasteiger charge is 2.17. The van der Waals surface area contributed by atoms with Gasteiger partial charge in [0.1, 0.15) is 19.2 Å². The van der Waals surface area contributed by atoms with E-state index in [1.54, 1.807) is 0 Å². The predicted octanol–water partition coefficient (Wildman–Crippen LogP) is 0.245. The molecular weight excluding hydrogens is 274 g/mol. The van der Waals surface area contributed by atoms with E-state index in [9.17, 15) is 14.4 Å². The normalized spacial score (nSPS) is 11.3. The van der Waals surface area contributed by atoms with Crippen molar-refractivity contribution in [3.8, 4) is 0 Å². The fourth-order valence-corrected chi connectivity index (χ4v) is 1.47. The molecule has 0 saturated carbocycles. The lowest BCUT2D eigenvalue weighted by molar-refractivity contribution is -0.127. The maximum atomic E-state index is 11.7. The van der Waals surface area contributed by atoms with Crippen molar-refractivity contribution in [3.05, 3.63) is 35.9 Å². The van der Waals surface area contributed by atoms with Gasteiger partial charge in [-0.1, -0.05) is 30.3 Å². The Kier molecular flexibility index (Phi) is 6.19. The van der Waals surface area contributed by atoms with Gasteiger partial charge < -0.3 is 20.7 Å². The zero-order valence-electron chi connectivity index (χ0n) is 12.0. The van der Waals surface area contributed by atoms with Crippen LogP contribution in [0.5, 0.6) is 0 Å². The fourth-order valence-electron chi connectivity index (χ4n) is 1.47. The minimum absolute atomic E-state index is 0.128. The molecular formula is C14H19N3O4. The fraction of sp³-hybridized carbons (Fsp3) is 0.357. The Morgan fingerprint density at radius 2 is 1.90 bits per heavy atom. The molecule has 0 aliphatic carbocycles. The van der Waals surface area contributed by atoms with E-state index in [1.807, 2.05) is 30.3 Å². The summed E-state index contributed by atoms with van der Waals surface area (Å²) < 4.78 is 5.06. The number of likely N-dealkylation sites (N-methyl/N-ethyl adjacent to an activating group) is 1. The number of nitrogens with zero attached hydrogens (tertiary/aromatic N) is 1. The van der Waals surface area contributed by atoms with Gasteiger partial charge in [-0.3, -0.25) is 9.59 Å². The van der Waals surface area contributed by atoms with Crippen LogP contribution in [0.1, 0.15) is 12.5 Å². The molecule has 21 heavy (non-hydrogen) atoms. The van der Waals surface area contributed by atoms with Gasteiger partial charge >= 0.3 is 6.09 Å². The molecule has 114 valence electrons. The largest absolute Gasteiger partial charge is 0.445 e. The summed E-state index contributed by atoms with van der Waals surface area (Å²) in [5.41, 5.74) is 5.88. The quantitative estimate of drug-likeness (QED) is 0.784. The molecule has 0 aliphatic rings. The van der Waals surface area contributed by atoms with Crippen molar-refractivity contribution < 1.29 is 19.1 Å². The Bertz CT molecular complexity index is 504. The first kappa shape index (κ1) is 16.5. The molecule has 7 nitrogen and oxygen atoms in total. The van der Waals surface area contributed by atoms with Crippen LogP contribution in [0.4, 0.5) is 4.79 Å². The van der Waals surface area contributed by atoms with Gasteiger partial charge in [-0.25, -0.2) is 4.79 Å². The van der Waals surface area contributed by atoms with Crippen LogP contribution in [-0.4, -0.2) is 42.4 Å². The number of carbonyl (C=O) groups excluding carboxylic acids is 3. The van der Waals surface area contributed by atoms with Gasteiger partial charge in [-0.2, -0.15) is 0 Å². The molecule has 1 aromatic carbocycles. The van der Waals surface area contributed by atoms with Gasteiger partial charge in [0.15, 0.2) is 0 Å². The molecule has 0 saturated heterocycles. The van der Waals surface area contributed by atoms with E-state index in [-0.39, 0.29) is 13.2 Å². The molecule has 7 heteroatoms. The number of benzene rings is 1. The van der Waals surface area contributed by atoms with E-state index in [4.69, 9.17) is 10.5 Å². The van der Waals surface area contributed by atoms with Gasteiger partial charge in [-0.15, -0.1) is 0 Å². The SMILES string of the molecule is C[C@H](NC(=O)CN(C)C(=O)OCc1ccccc1)C(N)=O. The van der Waals surface area contributed by atoms with Crippen LogP contribution >= 0.6 is 0 Å². The van der Waals surface area contributed by atoms with E-state index in [0.29, 0.717) is 0 Å². The maximum Gasteiger partial charge on any atom is 0.410 e. The van der Waals surface area contributed by atoms with Crippen LogP contribution in [0.25, 0.3) is 0 Å². The average Bonchev–Trinajstić information content (AvgIpc) is 2.45. The first-order valence-corrected chi connectivity index (χ1v) is 6.40. The number of hydrogen-bond acceptors (Lipinski definition) is 4. The maximum absolute atomic E-state index is 11.7. The Morgan fingerprint density at radius 1 is 1.29 bits per heavy atom. The van der Waals surface area contributed by atoms with Crippen LogP contribution in [0.2, 0.25) is 0 Å². The number of primary amides is 1. The molecule has 0 heterocycles. The van der Waals surface area contributed by atoms with Gasteiger partial charge in [0.2, 0.25) is 11.8 Å². The van der Waals surface area contributed by atoms with Crippen molar-refractivity contribution in [1.29, 1.82) is 0 Å². The Balaban J connectivity index is 2.37. The van der Waals surface area contributed by atoms with Crippen molar-refractivity contribution in [2.75, 3.05) is 13.6 Å². The number of nitrogens with one attached hydrogen (secondary N) is 1. The van der Waals surface area contributed by atoms with E-state index in [1.165, 1.54) is 14.0 Å². The highest BCUT2D eigenvalue weighted by atomic mass is 16.6.